The van der Waals surface area contributed by atoms with Crippen LogP contribution in [-0.4, -0.2) is 18.1 Å². The quantitative estimate of drug-likeness (QED) is 0.799. The van der Waals surface area contributed by atoms with Gasteiger partial charge >= 0.3 is 5.97 Å². The van der Waals surface area contributed by atoms with Crippen molar-refractivity contribution < 1.29 is 13.9 Å². The first kappa shape index (κ1) is 15.5. The van der Waals surface area contributed by atoms with E-state index in [2.05, 4.69) is 5.32 Å². The molecular weight excluding hydrogens is 245 g/mol. The molecular formula is C15H22FNO2. The van der Waals surface area contributed by atoms with Gasteiger partial charge in [-0.15, -0.1) is 0 Å². The van der Waals surface area contributed by atoms with Crippen molar-refractivity contribution in [3.63, 3.8) is 0 Å². The minimum absolute atomic E-state index is 0.307. The van der Waals surface area contributed by atoms with Gasteiger partial charge in [0.15, 0.2) is 0 Å². The van der Waals surface area contributed by atoms with E-state index in [0.717, 1.165) is 12.0 Å². The lowest BCUT2D eigenvalue weighted by Gasteiger charge is -2.29. The molecule has 0 radical (unpaired) electrons. The number of esters is 1. The molecule has 1 rings (SSSR count). The van der Waals surface area contributed by atoms with Crippen molar-refractivity contribution in [1.82, 2.24) is 0 Å². The van der Waals surface area contributed by atoms with Crippen LogP contribution < -0.4 is 5.32 Å². The van der Waals surface area contributed by atoms with E-state index in [1.807, 2.05) is 19.9 Å². The van der Waals surface area contributed by atoms with E-state index >= 15 is 0 Å². The number of hydrogen-bond acceptors (Lipinski definition) is 3. The zero-order valence-electron chi connectivity index (χ0n) is 12.0. The third-order valence-corrected chi connectivity index (χ3v) is 2.94. The highest BCUT2D eigenvalue weighted by Gasteiger charge is 2.33. The number of ether oxygens (including phenoxy) is 1. The maximum atomic E-state index is 13.4. The van der Waals surface area contributed by atoms with Crippen LogP contribution in [0, 0.1) is 12.7 Å². The molecule has 0 aliphatic rings. The Morgan fingerprint density at radius 3 is 2.58 bits per heavy atom. The number of anilines is 1. The summed E-state index contributed by atoms with van der Waals surface area (Å²) in [6, 6.07) is 4.66. The maximum Gasteiger partial charge on any atom is 0.331 e. The summed E-state index contributed by atoms with van der Waals surface area (Å²) in [5.41, 5.74) is 0.581. The van der Waals surface area contributed by atoms with E-state index < -0.39 is 5.54 Å². The molecule has 106 valence electrons. The average molecular weight is 267 g/mol. The van der Waals surface area contributed by atoms with E-state index in [4.69, 9.17) is 4.74 Å². The Hall–Kier alpha value is -1.58. The van der Waals surface area contributed by atoms with Gasteiger partial charge in [0.2, 0.25) is 0 Å². The molecule has 0 heterocycles. The van der Waals surface area contributed by atoms with Crippen LogP contribution in [0.5, 0.6) is 0 Å². The topological polar surface area (TPSA) is 38.3 Å². The average Bonchev–Trinajstić information content (AvgIpc) is 2.27. The molecule has 0 spiro atoms. The van der Waals surface area contributed by atoms with E-state index in [0.29, 0.717) is 18.7 Å². The fraction of sp³-hybridized carbons (Fsp3) is 0.533. The van der Waals surface area contributed by atoms with Crippen LogP contribution in [0.25, 0.3) is 0 Å². The van der Waals surface area contributed by atoms with Gasteiger partial charge < -0.3 is 10.1 Å². The maximum absolute atomic E-state index is 13.4. The second-order valence-electron chi connectivity index (χ2n) is 4.94. The molecule has 1 unspecified atom stereocenters. The number of halogens is 1. The molecule has 1 atom stereocenters. The highest BCUT2D eigenvalue weighted by molar-refractivity contribution is 5.84. The Morgan fingerprint density at radius 2 is 2.05 bits per heavy atom. The van der Waals surface area contributed by atoms with Gasteiger partial charge in [0.1, 0.15) is 11.4 Å². The van der Waals surface area contributed by atoms with Gasteiger partial charge in [0.25, 0.3) is 0 Å². The summed E-state index contributed by atoms with van der Waals surface area (Å²) < 4.78 is 18.5. The molecule has 3 nitrogen and oxygen atoms in total. The van der Waals surface area contributed by atoms with Gasteiger partial charge in [0, 0.05) is 5.69 Å². The first-order chi connectivity index (χ1) is 8.91. The van der Waals surface area contributed by atoms with Crippen LogP contribution in [0.4, 0.5) is 10.1 Å². The van der Waals surface area contributed by atoms with Crippen molar-refractivity contribution in [2.75, 3.05) is 11.9 Å². The molecule has 0 fully saturated rings. The third-order valence-electron chi connectivity index (χ3n) is 2.94. The monoisotopic (exact) mass is 267 g/mol. The Morgan fingerprint density at radius 1 is 1.37 bits per heavy atom. The first-order valence-electron chi connectivity index (χ1n) is 6.64. The molecule has 0 saturated heterocycles. The number of carbonyl (C=O) groups excluding carboxylic acids is 1. The highest BCUT2D eigenvalue weighted by atomic mass is 19.1. The molecule has 1 N–H and O–H groups in total. The molecule has 0 bridgehead atoms. The summed E-state index contributed by atoms with van der Waals surface area (Å²) >= 11 is 0. The van der Waals surface area contributed by atoms with Crippen molar-refractivity contribution in [2.24, 2.45) is 0 Å². The van der Waals surface area contributed by atoms with Gasteiger partial charge in [-0.2, -0.15) is 0 Å². The SMILES string of the molecule is CCCC(C)(Nc1cc(C)cc(F)c1)C(=O)OCC. The number of nitrogens with one attached hydrogen (secondary N) is 1. The van der Waals surface area contributed by atoms with Gasteiger partial charge in [-0.3, -0.25) is 0 Å². The lowest BCUT2D eigenvalue weighted by Crippen LogP contribution is -2.44. The smallest absolute Gasteiger partial charge is 0.331 e. The lowest BCUT2D eigenvalue weighted by molar-refractivity contribution is -0.148. The van der Waals surface area contributed by atoms with Crippen LogP contribution in [0.2, 0.25) is 0 Å². The molecule has 1 aromatic carbocycles. The largest absolute Gasteiger partial charge is 0.464 e. The van der Waals surface area contributed by atoms with Gasteiger partial charge in [0.05, 0.1) is 6.61 Å². The zero-order valence-corrected chi connectivity index (χ0v) is 12.0. The lowest BCUT2D eigenvalue weighted by atomic mass is 9.95. The number of hydrogen-bond donors (Lipinski definition) is 1. The summed E-state index contributed by atoms with van der Waals surface area (Å²) in [6.45, 7) is 7.71. The van der Waals surface area contributed by atoms with Crippen LogP contribution in [-0.2, 0) is 9.53 Å². The molecule has 19 heavy (non-hydrogen) atoms. The van der Waals surface area contributed by atoms with Gasteiger partial charge in [-0.1, -0.05) is 13.3 Å². The van der Waals surface area contributed by atoms with Crippen molar-refractivity contribution in [2.45, 2.75) is 46.1 Å². The molecule has 0 aliphatic carbocycles. The minimum atomic E-state index is -0.828. The number of rotatable bonds is 6. The standard InChI is InChI=1S/C15H22FNO2/c1-5-7-15(4,14(18)19-6-2)17-13-9-11(3)8-12(16)10-13/h8-10,17H,5-7H2,1-4H3. The molecule has 0 aliphatic heterocycles. The first-order valence-corrected chi connectivity index (χ1v) is 6.64. The van der Waals surface area contributed by atoms with Crippen LogP contribution in [0.1, 0.15) is 39.2 Å². The minimum Gasteiger partial charge on any atom is -0.464 e. The molecule has 0 aromatic heterocycles. The van der Waals surface area contributed by atoms with Crippen LogP contribution in [0.15, 0.2) is 18.2 Å². The van der Waals surface area contributed by atoms with Crippen molar-refractivity contribution >= 4 is 11.7 Å². The Kier molecular flexibility index (Phi) is 5.33. The van der Waals surface area contributed by atoms with Crippen LogP contribution in [0.3, 0.4) is 0 Å². The van der Waals surface area contributed by atoms with Crippen molar-refractivity contribution in [3.8, 4) is 0 Å². The van der Waals surface area contributed by atoms with Crippen molar-refractivity contribution in [1.29, 1.82) is 0 Å². The second-order valence-corrected chi connectivity index (χ2v) is 4.94. The molecule has 4 heteroatoms. The predicted molar refractivity (Wildman–Crippen MR) is 74.7 cm³/mol. The Bertz CT molecular complexity index is 428. The predicted octanol–water partition coefficient (Wildman–Crippen LogP) is 3.67. The van der Waals surface area contributed by atoms with Crippen LogP contribution >= 0.6 is 0 Å². The van der Waals surface area contributed by atoms with E-state index in [9.17, 15) is 9.18 Å². The summed E-state index contributed by atoms with van der Waals surface area (Å²) in [7, 11) is 0. The normalized spacial score (nSPS) is 13.7. The fourth-order valence-corrected chi connectivity index (χ4v) is 2.13. The Balaban J connectivity index is 2.97. The van der Waals surface area contributed by atoms with Gasteiger partial charge in [-0.05, 0) is 51.0 Å². The summed E-state index contributed by atoms with van der Waals surface area (Å²) in [5, 5.41) is 3.11. The third kappa shape index (κ3) is 4.23. The number of benzene rings is 1. The highest BCUT2D eigenvalue weighted by Crippen LogP contribution is 2.23. The van der Waals surface area contributed by atoms with E-state index in [1.54, 1.807) is 13.8 Å². The van der Waals surface area contributed by atoms with Crippen molar-refractivity contribution in [3.05, 3.63) is 29.6 Å². The summed E-state index contributed by atoms with van der Waals surface area (Å²) in [6.07, 6.45) is 1.46. The molecule has 0 saturated carbocycles. The number of aryl methyl sites for hydroxylation is 1. The summed E-state index contributed by atoms with van der Waals surface area (Å²) in [5.74, 6) is -0.621. The zero-order chi connectivity index (χ0) is 14.5. The second kappa shape index (κ2) is 6.55. The van der Waals surface area contributed by atoms with Gasteiger partial charge in [-0.25, -0.2) is 9.18 Å². The summed E-state index contributed by atoms with van der Waals surface area (Å²) in [4.78, 5) is 12.1. The Labute approximate surface area is 114 Å². The fourth-order valence-electron chi connectivity index (χ4n) is 2.13. The van der Waals surface area contributed by atoms with E-state index in [1.165, 1.54) is 12.1 Å². The van der Waals surface area contributed by atoms with E-state index in [-0.39, 0.29) is 11.8 Å². The molecule has 0 amide bonds. The number of carbonyl (C=O) groups is 1. The molecule has 1 aromatic rings.